The highest BCUT2D eigenvalue weighted by Crippen LogP contribution is 2.35. The lowest BCUT2D eigenvalue weighted by Crippen LogP contribution is -2.29. The summed E-state index contributed by atoms with van der Waals surface area (Å²) in [6.07, 6.45) is 12.8. The number of nitrogens with zero attached hydrogens (tertiary/aromatic N) is 1. The SMILES string of the molecule is CNC1CCC(c2ncc(C3CCCC3)[nH]2)CC1. The van der Waals surface area contributed by atoms with Gasteiger partial charge in [-0.05, 0) is 45.6 Å². The zero-order valence-corrected chi connectivity index (χ0v) is 11.4. The largest absolute Gasteiger partial charge is 0.345 e. The maximum Gasteiger partial charge on any atom is 0.109 e. The summed E-state index contributed by atoms with van der Waals surface area (Å²) in [7, 11) is 2.08. The van der Waals surface area contributed by atoms with E-state index < -0.39 is 0 Å². The summed E-state index contributed by atoms with van der Waals surface area (Å²) in [6.45, 7) is 0. The first-order valence-corrected chi connectivity index (χ1v) is 7.59. The second kappa shape index (κ2) is 5.43. The molecular weight excluding hydrogens is 222 g/mol. The highest BCUT2D eigenvalue weighted by molar-refractivity contribution is 5.12. The van der Waals surface area contributed by atoms with Crippen molar-refractivity contribution in [1.82, 2.24) is 15.3 Å². The van der Waals surface area contributed by atoms with Crippen LogP contribution in [0.5, 0.6) is 0 Å². The maximum atomic E-state index is 4.66. The van der Waals surface area contributed by atoms with E-state index in [1.165, 1.54) is 62.9 Å². The molecule has 1 heterocycles. The molecule has 0 radical (unpaired) electrons. The van der Waals surface area contributed by atoms with Crippen LogP contribution in [-0.4, -0.2) is 23.1 Å². The van der Waals surface area contributed by atoms with E-state index in [1.807, 2.05) is 0 Å². The Morgan fingerprint density at radius 3 is 2.44 bits per heavy atom. The molecule has 0 aromatic carbocycles. The van der Waals surface area contributed by atoms with Gasteiger partial charge in [0.1, 0.15) is 5.82 Å². The molecule has 3 heteroatoms. The van der Waals surface area contributed by atoms with Crippen LogP contribution in [0.3, 0.4) is 0 Å². The van der Waals surface area contributed by atoms with Crippen molar-refractivity contribution >= 4 is 0 Å². The van der Waals surface area contributed by atoms with Gasteiger partial charge in [0.05, 0.1) is 0 Å². The molecule has 0 atom stereocenters. The topological polar surface area (TPSA) is 40.7 Å². The van der Waals surface area contributed by atoms with Crippen molar-refractivity contribution in [1.29, 1.82) is 0 Å². The van der Waals surface area contributed by atoms with Crippen LogP contribution in [0.2, 0.25) is 0 Å². The molecule has 2 aliphatic rings. The zero-order valence-electron chi connectivity index (χ0n) is 11.4. The third-order valence-corrected chi connectivity index (χ3v) is 4.93. The van der Waals surface area contributed by atoms with Crippen molar-refractivity contribution in [2.45, 2.75) is 69.2 Å². The van der Waals surface area contributed by atoms with Crippen molar-refractivity contribution in [3.63, 3.8) is 0 Å². The van der Waals surface area contributed by atoms with Gasteiger partial charge in [-0.25, -0.2) is 4.98 Å². The Hall–Kier alpha value is -0.830. The molecule has 3 nitrogen and oxygen atoms in total. The first-order chi connectivity index (χ1) is 8.86. The fourth-order valence-corrected chi connectivity index (χ4v) is 3.66. The van der Waals surface area contributed by atoms with Crippen LogP contribution in [0.1, 0.15) is 74.7 Å². The van der Waals surface area contributed by atoms with Gasteiger partial charge in [0.25, 0.3) is 0 Å². The molecule has 0 unspecified atom stereocenters. The molecule has 0 saturated heterocycles. The van der Waals surface area contributed by atoms with Crippen LogP contribution in [-0.2, 0) is 0 Å². The third-order valence-electron chi connectivity index (χ3n) is 4.93. The molecule has 1 aromatic rings. The van der Waals surface area contributed by atoms with Crippen LogP contribution in [0.15, 0.2) is 6.20 Å². The molecule has 0 amide bonds. The number of aromatic nitrogens is 2. The first-order valence-electron chi connectivity index (χ1n) is 7.59. The Bertz CT molecular complexity index is 371. The summed E-state index contributed by atoms with van der Waals surface area (Å²) in [6, 6.07) is 0.727. The van der Waals surface area contributed by atoms with Crippen molar-refractivity contribution in [2.75, 3.05) is 7.05 Å². The van der Waals surface area contributed by atoms with Crippen LogP contribution >= 0.6 is 0 Å². The summed E-state index contributed by atoms with van der Waals surface area (Å²) in [5, 5.41) is 3.40. The van der Waals surface area contributed by atoms with Crippen molar-refractivity contribution in [2.24, 2.45) is 0 Å². The molecule has 2 aliphatic carbocycles. The van der Waals surface area contributed by atoms with Gasteiger partial charge in [-0.1, -0.05) is 12.8 Å². The zero-order chi connectivity index (χ0) is 12.4. The number of imidazole rings is 1. The molecule has 0 spiro atoms. The van der Waals surface area contributed by atoms with E-state index in [-0.39, 0.29) is 0 Å². The second-order valence-corrected chi connectivity index (χ2v) is 6.04. The molecule has 0 bridgehead atoms. The standard InChI is InChI=1S/C15H25N3/c1-16-13-8-6-12(7-9-13)15-17-10-14(18-15)11-4-2-3-5-11/h10-13,16H,2-9H2,1H3,(H,17,18). The molecule has 3 rings (SSSR count). The smallest absolute Gasteiger partial charge is 0.109 e. The number of hydrogen-bond donors (Lipinski definition) is 2. The van der Waals surface area contributed by atoms with Crippen molar-refractivity contribution < 1.29 is 0 Å². The van der Waals surface area contributed by atoms with E-state index in [9.17, 15) is 0 Å². The Labute approximate surface area is 110 Å². The molecule has 1 aromatic heterocycles. The van der Waals surface area contributed by atoms with Crippen molar-refractivity contribution in [3.8, 4) is 0 Å². The predicted molar refractivity (Wildman–Crippen MR) is 73.9 cm³/mol. The number of H-pyrrole nitrogens is 1. The van der Waals surface area contributed by atoms with Gasteiger partial charge in [0, 0.05) is 29.8 Å². The quantitative estimate of drug-likeness (QED) is 0.860. The average Bonchev–Trinajstić information content (AvgIpc) is 3.09. The van der Waals surface area contributed by atoms with E-state index in [2.05, 4.69) is 28.5 Å². The predicted octanol–water partition coefficient (Wildman–Crippen LogP) is 3.31. The minimum Gasteiger partial charge on any atom is -0.345 e. The van der Waals surface area contributed by atoms with Crippen LogP contribution < -0.4 is 5.32 Å². The summed E-state index contributed by atoms with van der Waals surface area (Å²) in [4.78, 5) is 8.29. The van der Waals surface area contributed by atoms with Gasteiger partial charge in [0.2, 0.25) is 0 Å². The highest BCUT2D eigenvalue weighted by Gasteiger charge is 2.25. The average molecular weight is 247 g/mol. The summed E-state index contributed by atoms with van der Waals surface area (Å²) < 4.78 is 0. The summed E-state index contributed by atoms with van der Waals surface area (Å²) >= 11 is 0. The molecule has 0 aliphatic heterocycles. The van der Waals surface area contributed by atoms with Crippen molar-refractivity contribution in [3.05, 3.63) is 17.7 Å². The van der Waals surface area contributed by atoms with Crippen LogP contribution in [0.4, 0.5) is 0 Å². The molecule has 2 saturated carbocycles. The molecule has 2 fully saturated rings. The Morgan fingerprint density at radius 1 is 1.06 bits per heavy atom. The fourth-order valence-electron chi connectivity index (χ4n) is 3.66. The summed E-state index contributed by atoms with van der Waals surface area (Å²) in [5.41, 5.74) is 1.40. The van der Waals surface area contributed by atoms with Crippen LogP contribution in [0.25, 0.3) is 0 Å². The minimum atomic E-state index is 0.671. The van der Waals surface area contributed by atoms with E-state index in [1.54, 1.807) is 0 Å². The van der Waals surface area contributed by atoms with E-state index in [0.717, 1.165) is 12.0 Å². The van der Waals surface area contributed by atoms with Gasteiger partial charge >= 0.3 is 0 Å². The van der Waals surface area contributed by atoms with Gasteiger partial charge in [-0.2, -0.15) is 0 Å². The lowest BCUT2D eigenvalue weighted by atomic mass is 9.85. The second-order valence-electron chi connectivity index (χ2n) is 6.04. The Balaban J connectivity index is 1.62. The fraction of sp³-hybridized carbons (Fsp3) is 0.800. The lowest BCUT2D eigenvalue weighted by molar-refractivity contribution is 0.351. The maximum absolute atomic E-state index is 4.66. The summed E-state index contributed by atoms with van der Waals surface area (Å²) in [5.74, 6) is 2.69. The van der Waals surface area contributed by atoms with E-state index in [0.29, 0.717) is 5.92 Å². The van der Waals surface area contributed by atoms with E-state index in [4.69, 9.17) is 0 Å². The highest BCUT2D eigenvalue weighted by atomic mass is 14.9. The third kappa shape index (κ3) is 2.46. The van der Waals surface area contributed by atoms with E-state index >= 15 is 0 Å². The van der Waals surface area contributed by atoms with Gasteiger partial charge in [-0.3, -0.25) is 0 Å². The number of nitrogens with one attached hydrogen (secondary N) is 2. The van der Waals surface area contributed by atoms with Gasteiger partial charge in [0.15, 0.2) is 0 Å². The van der Waals surface area contributed by atoms with Gasteiger partial charge in [-0.15, -0.1) is 0 Å². The monoisotopic (exact) mass is 247 g/mol. The number of hydrogen-bond acceptors (Lipinski definition) is 2. The minimum absolute atomic E-state index is 0.671. The number of aromatic amines is 1. The Morgan fingerprint density at radius 2 is 1.78 bits per heavy atom. The Kier molecular flexibility index (Phi) is 3.69. The number of rotatable bonds is 3. The molecular formula is C15H25N3. The molecule has 2 N–H and O–H groups in total. The normalized spacial score (nSPS) is 29.8. The molecule has 18 heavy (non-hydrogen) atoms. The molecule has 100 valence electrons. The first kappa shape index (κ1) is 12.2. The van der Waals surface area contributed by atoms with Gasteiger partial charge < -0.3 is 10.3 Å². The van der Waals surface area contributed by atoms with Crippen LogP contribution in [0, 0.1) is 0 Å². The lowest BCUT2D eigenvalue weighted by Gasteiger charge is -2.26.